The van der Waals surface area contributed by atoms with E-state index in [1.165, 1.54) is 11.8 Å². The molecule has 0 bridgehead atoms. The molecule has 9 heteroatoms. The van der Waals surface area contributed by atoms with Gasteiger partial charge in [-0.2, -0.15) is 0 Å². The first-order chi connectivity index (χ1) is 13.2. The summed E-state index contributed by atoms with van der Waals surface area (Å²) in [6.45, 7) is 1.62. The van der Waals surface area contributed by atoms with Gasteiger partial charge in [0, 0.05) is 20.9 Å². The Morgan fingerprint density at radius 1 is 1.21 bits per heavy atom. The molecular weight excluding hydrogens is 400 g/mol. The monoisotopic (exact) mass is 420 g/mol. The lowest BCUT2D eigenvalue weighted by molar-refractivity contribution is -0.137. The lowest BCUT2D eigenvalue weighted by Crippen LogP contribution is -2.10. The highest BCUT2D eigenvalue weighted by atomic mass is 32.2. The lowest BCUT2D eigenvalue weighted by Gasteiger charge is -2.08. The van der Waals surface area contributed by atoms with Crippen LogP contribution in [0.3, 0.4) is 0 Å². The zero-order valence-electron chi connectivity index (χ0n) is 15.6. The van der Waals surface area contributed by atoms with Crippen molar-refractivity contribution >= 4 is 44.3 Å². The van der Waals surface area contributed by atoms with E-state index in [0.717, 1.165) is 27.5 Å². The van der Waals surface area contributed by atoms with Gasteiger partial charge in [-0.05, 0) is 43.3 Å². The number of fused-ring (bicyclic) bond motifs is 1. The Hall–Kier alpha value is -2.65. The molecule has 3 aromatic rings. The van der Waals surface area contributed by atoms with Gasteiger partial charge in [0.15, 0.2) is 0 Å². The summed E-state index contributed by atoms with van der Waals surface area (Å²) >= 11 is 1.45. The maximum absolute atomic E-state index is 11.8. The van der Waals surface area contributed by atoms with Gasteiger partial charge in [0.25, 0.3) is 0 Å². The molecule has 1 heterocycles. The number of hydrogen-bond acceptors (Lipinski definition) is 5. The van der Waals surface area contributed by atoms with Crippen LogP contribution in [0.15, 0.2) is 52.3 Å². The summed E-state index contributed by atoms with van der Waals surface area (Å²) in [6, 6.07) is 12.6. The van der Waals surface area contributed by atoms with Crippen molar-refractivity contribution < 1.29 is 23.1 Å². The van der Waals surface area contributed by atoms with Crippen LogP contribution in [0.5, 0.6) is 5.75 Å². The van der Waals surface area contributed by atoms with Crippen molar-refractivity contribution in [1.29, 1.82) is 0 Å². The Morgan fingerprint density at radius 3 is 2.46 bits per heavy atom. The van der Waals surface area contributed by atoms with Crippen LogP contribution in [0.25, 0.3) is 10.9 Å². The molecule has 148 valence electrons. The zero-order chi connectivity index (χ0) is 20.5. The van der Waals surface area contributed by atoms with Crippen molar-refractivity contribution in [2.75, 3.05) is 18.1 Å². The van der Waals surface area contributed by atoms with E-state index < -0.39 is 16.0 Å². The average molecular weight is 421 g/mol. The molecule has 2 N–H and O–H groups in total. The van der Waals surface area contributed by atoms with Crippen LogP contribution in [0.4, 0.5) is 5.69 Å². The zero-order valence-corrected chi connectivity index (χ0v) is 17.2. The Balaban J connectivity index is 2.20. The van der Waals surface area contributed by atoms with Crippen molar-refractivity contribution in [3.63, 3.8) is 0 Å². The standard InChI is InChI=1S/C19H20N2O5S2/c1-12-19(27-14-9-7-13(26-2)8-10-14)18-15(20-28(3,24)25)5-4-6-16(18)21(12)11-17(22)23/h4-10,20H,11H2,1-3H3,(H,22,23). The molecular formula is C19H20N2O5S2. The lowest BCUT2D eigenvalue weighted by atomic mass is 10.2. The topological polar surface area (TPSA) is 97.6 Å². The summed E-state index contributed by atoms with van der Waals surface area (Å²) in [7, 11) is -1.90. The Morgan fingerprint density at radius 2 is 1.89 bits per heavy atom. The molecule has 0 fully saturated rings. The molecule has 28 heavy (non-hydrogen) atoms. The van der Waals surface area contributed by atoms with E-state index >= 15 is 0 Å². The van der Waals surface area contributed by atoms with Gasteiger partial charge in [-0.15, -0.1) is 0 Å². The average Bonchev–Trinajstić information content (AvgIpc) is 2.87. The smallest absolute Gasteiger partial charge is 0.323 e. The van der Waals surface area contributed by atoms with E-state index in [4.69, 9.17) is 4.74 Å². The fraction of sp³-hybridized carbons (Fsp3) is 0.211. The van der Waals surface area contributed by atoms with Crippen molar-refractivity contribution in [2.24, 2.45) is 0 Å². The fourth-order valence-corrected chi connectivity index (χ4v) is 4.65. The Labute approximate surface area is 167 Å². The molecule has 7 nitrogen and oxygen atoms in total. The Bertz CT molecular complexity index is 1140. The quantitative estimate of drug-likeness (QED) is 0.606. The second-order valence-corrected chi connectivity index (χ2v) is 9.08. The molecule has 1 aromatic heterocycles. The molecule has 0 saturated carbocycles. The van der Waals surface area contributed by atoms with E-state index in [1.807, 2.05) is 31.2 Å². The van der Waals surface area contributed by atoms with Gasteiger partial charge in [0.1, 0.15) is 12.3 Å². The number of carbonyl (C=O) groups is 1. The van der Waals surface area contributed by atoms with Crippen molar-refractivity contribution in [1.82, 2.24) is 4.57 Å². The second-order valence-electron chi connectivity index (χ2n) is 6.25. The molecule has 0 unspecified atom stereocenters. The predicted octanol–water partition coefficient (Wildman–Crippen LogP) is 3.57. The van der Waals surface area contributed by atoms with Crippen LogP contribution in [0.2, 0.25) is 0 Å². The van der Waals surface area contributed by atoms with Gasteiger partial charge in [0.2, 0.25) is 10.0 Å². The van der Waals surface area contributed by atoms with E-state index in [9.17, 15) is 18.3 Å². The molecule has 0 spiro atoms. The van der Waals surface area contributed by atoms with Crippen LogP contribution in [0.1, 0.15) is 5.69 Å². The van der Waals surface area contributed by atoms with Crippen molar-refractivity contribution in [3.8, 4) is 5.75 Å². The van der Waals surface area contributed by atoms with E-state index in [1.54, 1.807) is 29.9 Å². The summed E-state index contributed by atoms with van der Waals surface area (Å²) in [5.74, 6) is -0.240. The number of rotatable bonds is 7. The van der Waals surface area contributed by atoms with Crippen molar-refractivity contribution in [2.45, 2.75) is 23.3 Å². The first-order valence-electron chi connectivity index (χ1n) is 8.33. The summed E-state index contributed by atoms with van der Waals surface area (Å²) < 4.78 is 33.0. The van der Waals surface area contributed by atoms with E-state index in [-0.39, 0.29) is 6.54 Å². The van der Waals surface area contributed by atoms with Gasteiger partial charge >= 0.3 is 5.97 Å². The highest BCUT2D eigenvalue weighted by Gasteiger charge is 2.20. The number of benzene rings is 2. The number of sulfonamides is 1. The van der Waals surface area contributed by atoms with Crippen LogP contribution in [0, 0.1) is 6.92 Å². The number of aliphatic carboxylic acids is 1. The third kappa shape index (κ3) is 4.26. The molecule has 3 rings (SSSR count). The van der Waals surface area contributed by atoms with Crippen LogP contribution >= 0.6 is 11.8 Å². The molecule has 0 aliphatic rings. The molecule has 0 radical (unpaired) electrons. The summed E-state index contributed by atoms with van der Waals surface area (Å²) in [4.78, 5) is 13.1. The van der Waals surface area contributed by atoms with Crippen LogP contribution in [-0.2, 0) is 21.4 Å². The van der Waals surface area contributed by atoms with E-state index in [0.29, 0.717) is 16.6 Å². The molecule has 0 aliphatic carbocycles. The normalized spacial score (nSPS) is 11.5. The van der Waals surface area contributed by atoms with Crippen LogP contribution < -0.4 is 9.46 Å². The van der Waals surface area contributed by atoms with Crippen LogP contribution in [-0.4, -0.2) is 37.4 Å². The minimum absolute atomic E-state index is 0.214. The van der Waals surface area contributed by atoms with Gasteiger partial charge in [-0.1, -0.05) is 17.8 Å². The molecule has 0 aliphatic heterocycles. The number of ether oxygens (including phenoxy) is 1. The first kappa shape index (κ1) is 20.1. The summed E-state index contributed by atoms with van der Waals surface area (Å²) in [5, 5.41) is 9.98. The molecule has 0 amide bonds. The minimum Gasteiger partial charge on any atom is -0.497 e. The largest absolute Gasteiger partial charge is 0.497 e. The van der Waals surface area contributed by atoms with Gasteiger partial charge < -0.3 is 14.4 Å². The number of carboxylic acid groups (broad SMARTS) is 1. The summed E-state index contributed by atoms with van der Waals surface area (Å²) in [5.41, 5.74) is 1.83. The predicted molar refractivity (Wildman–Crippen MR) is 110 cm³/mol. The molecule has 0 saturated heterocycles. The first-order valence-corrected chi connectivity index (χ1v) is 11.0. The number of methoxy groups -OCH3 is 1. The summed E-state index contributed by atoms with van der Waals surface area (Å²) in [6.07, 6.45) is 1.09. The Kier molecular flexibility index (Phi) is 5.57. The number of carboxylic acids is 1. The van der Waals surface area contributed by atoms with Gasteiger partial charge in [-0.25, -0.2) is 8.42 Å². The maximum Gasteiger partial charge on any atom is 0.323 e. The van der Waals surface area contributed by atoms with Gasteiger partial charge in [-0.3, -0.25) is 9.52 Å². The second kappa shape index (κ2) is 7.76. The molecule has 0 atom stereocenters. The number of nitrogens with zero attached hydrogens (tertiary/aromatic N) is 1. The number of nitrogens with one attached hydrogen (secondary N) is 1. The van der Waals surface area contributed by atoms with Crippen molar-refractivity contribution in [3.05, 3.63) is 48.2 Å². The number of anilines is 1. The van der Waals surface area contributed by atoms with Gasteiger partial charge in [0.05, 0.1) is 24.6 Å². The van der Waals surface area contributed by atoms with E-state index in [2.05, 4.69) is 4.72 Å². The third-order valence-corrected chi connectivity index (χ3v) is 5.96. The SMILES string of the molecule is COc1ccc(Sc2c(C)n(CC(=O)O)c3cccc(NS(C)(=O)=O)c23)cc1. The third-order valence-electron chi connectivity index (χ3n) is 4.16. The highest BCUT2D eigenvalue weighted by molar-refractivity contribution is 7.99. The maximum atomic E-state index is 11.8. The highest BCUT2D eigenvalue weighted by Crippen LogP contribution is 2.42. The molecule has 2 aromatic carbocycles. The minimum atomic E-state index is -3.50. The number of hydrogen-bond donors (Lipinski definition) is 2. The number of aromatic nitrogens is 1. The fourth-order valence-electron chi connectivity index (χ4n) is 3.00.